The first-order chi connectivity index (χ1) is 11.5. The largest absolute Gasteiger partial charge is 0.327 e. The van der Waals surface area contributed by atoms with Gasteiger partial charge in [-0.05, 0) is 38.7 Å². The summed E-state index contributed by atoms with van der Waals surface area (Å²) in [5.74, 6) is 0.0174. The van der Waals surface area contributed by atoms with Crippen molar-refractivity contribution in [3.05, 3.63) is 35.9 Å². The van der Waals surface area contributed by atoms with Gasteiger partial charge in [-0.15, -0.1) is 0 Å². The van der Waals surface area contributed by atoms with Crippen LogP contribution in [0.25, 0.3) is 0 Å². The molecule has 0 unspecified atom stereocenters. The molecule has 0 spiro atoms. The molecule has 4 rings (SSSR count). The Bertz CT molecular complexity index is 662. The first-order valence-corrected chi connectivity index (χ1v) is 8.94. The number of carbonyl (C=O) groups excluding carboxylic acids is 2. The Morgan fingerprint density at radius 1 is 1.21 bits per heavy atom. The van der Waals surface area contributed by atoms with Crippen LogP contribution in [0.1, 0.15) is 38.7 Å². The number of hydrogen-bond acceptors (Lipinski definition) is 3. The van der Waals surface area contributed by atoms with Crippen LogP contribution in [0, 0.1) is 0 Å². The Morgan fingerprint density at radius 2 is 1.96 bits per heavy atom. The number of benzene rings is 1. The van der Waals surface area contributed by atoms with E-state index in [4.69, 9.17) is 0 Å². The van der Waals surface area contributed by atoms with Crippen LogP contribution in [-0.4, -0.2) is 57.4 Å². The molecule has 0 aromatic heterocycles. The SMILES string of the molecule is C[C@@H]1C[C@H](N2C(=O)N3CCC[C@]3(C)C2=O)CN1Cc1ccccc1. The van der Waals surface area contributed by atoms with Crippen molar-refractivity contribution in [3.63, 3.8) is 0 Å². The second-order valence-corrected chi connectivity index (χ2v) is 7.64. The quantitative estimate of drug-likeness (QED) is 0.801. The fraction of sp³-hybridized carbons (Fsp3) is 0.579. The average molecular weight is 327 g/mol. The maximum atomic E-state index is 12.9. The van der Waals surface area contributed by atoms with Gasteiger partial charge in [-0.1, -0.05) is 30.3 Å². The minimum absolute atomic E-state index is 0.00568. The van der Waals surface area contributed by atoms with E-state index in [1.54, 1.807) is 9.80 Å². The lowest BCUT2D eigenvalue weighted by atomic mass is 9.98. The van der Waals surface area contributed by atoms with E-state index in [1.165, 1.54) is 5.56 Å². The molecule has 3 fully saturated rings. The van der Waals surface area contributed by atoms with Gasteiger partial charge in [0.25, 0.3) is 5.91 Å². The monoisotopic (exact) mass is 327 g/mol. The highest BCUT2D eigenvalue weighted by molar-refractivity contribution is 6.07. The van der Waals surface area contributed by atoms with Gasteiger partial charge in [0.15, 0.2) is 0 Å². The summed E-state index contributed by atoms with van der Waals surface area (Å²) in [5, 5.41) is 0. The maximum absolute atomic E-state index is 12.9. The van der Waals surface area contributed by atoms with Crippen molar-refractivity contribution in [2.24, 2.45) is 0 Å². The van der Waals surface area contributed by atoms with Crippen LogP contribution in [-0.2, 0) is 11.3 Å². The summed E-state index contributed by atoms with van der Waals surface area (Å²) in [6.45, 7) is 6.48. The summed E-state index contributed by atoms with van der Waals surface area (Å²) in [6.07, 6.45) is 2.60. The van der Waals surface area contributed by atoms with E-state index >= 15 is 0 Å². The summed E-state index contributed by atoms with van der Waals surface area (Å²) in [5.41, 5.74) is 0.685. The summed E-state index contributed by atoms with van der Waals surface area (Å²) in [6, 6.07) is 10.7. The lowest BCUT2D eigenvalue weighted by Gasteiger charge is -2.24. The molecule has 5 nitrogen and oxygen atoms in total. The summed E-state index contributed by atoms with van der Waals surface area (Å²) < 4.78 is 0. The van der Waals surface area contributed by atoms with Crippen molar-refractivity contribution in [3.8, 4) is 0 Å². The highest BCUT2D eigenvalue weighted by Crippen LogP contribution is 2.40. The minimum Gasteiger partial charge on any atom is -0.310 e. The first kappa shape index (κ1) is 15.6. The number of amides is 3. The van der Waals surface area contributed by atoms with Gasteiger partial charge in [-0.2, -0.15) is 0 Å². The Hall–Kier alpha value is -1.88. The van der Waals surface area contributed by atoms with Gasteiger partial charge in [0.2, 0.25) is 0 Å². The molecule has 3 heterocycles. The molecule has 3 amide bonds. The highest BCUT2D eigenvalue weighted by Gasteiger charge is 2.58. The normalized spacial score (nSPS) is 33.6. The third-order valence-corrected chi connectivity index (χ3v) is 6.03. The topological polar surface area (TPSA) is 43.9 Å². The van der Waals surface area contributed by atoms with Gasteiger partial charge in [-0.3, -0.25) is 14.6 Å². The van der Waals surface area contributed by atoms with Crippen LogP contribution in [0.15, 0.2) is 30.3 Å². The van der Waals surface area contributed by atoms with E-state index in [2.05, 4.69) is 36.1 Å². The molecule has 128 valence electrons. The molecule has 0 bridgehead atoms. The summed E-state index contributed by atoms with van der Waals surface area (Å²) in [4.78, 5) is 31.4. The number of nitrogens with zero attached hydrogens (tertiary/aromatic N) is 3. The number of fused-ring (bicyclic) bond motifs is 1. The van der Waals surface area contributed by atoms with Crippen molar-refractivity contribution in [2.75, 3.05) is 13.1 Å². The lowest BCUT2D eigenvalue weighted by Crippen LogP contribution is -2.45. The van der Waals surface area contributed by atoms with Gasteiger partial charge in [-0.25, -0.2) is 4.79 Å². The first-order valence-electron chi connectivity index (χ1n) is 8.94. The number of urea groups is 1. The molecular formula is C19H25N3O2. The zero-order chi connectivity index (χ0) is 16.9. The van der Waals surface area contributed by atoms with E-state index in [-0.39, 0.29) is 18.0 Å². The molecule has 3 aliphatic rings. The van der Waals surface area contributed by atoms with Gasteiger partial charge in [0, 0.05) is 25.7 Å². The third-order valence-electron chi connectivity index (χ3n) is 6.03. The van der Waals surface area contributed by atoms with Crippen LogP contribution in [0.4, 0.5) is 4.79 Å². The van der Waals surface area contributed by atoms with Crippen molar-refractivity contribution in [1.29, 1.82) is 0 Å². The zero-order valence-corrected chi connectivity index (χ0v) is 14.4. The highest BCUT2D eigenvalue weighted by atomic mass is 16.2. The van der Waals surface area contributed by atoms with Gasteiger partial charge in [0.05, 0.1) is 6.04 Å². The van der Waals surface area contributed by atoms with Gasteiger partial charge >= 0.3 is 6.03 Å². The molecule has 3 aliphatic heterocycles. The van der Waals surface area contributed by atoms with Crippen LogP contribution < -0.4 is 0 Å². The fourth-order valence-electron chi connectivity index (χ4n) is 4.58. The minimum atomic E-state index is -0.590. The number of carbonyl (C=O) groups is 2. The molecule has 3 atom stereocenters. The zero-order valence-electron chi connectivity index (χ0n) is 14.4. The maximum Gasteiger partial charge on any atom is 0.327 e. The van der Waals surface area contributed by atoms with E-state index in [9.17, 15) is 9.59 Å². The van der Waals surface area contributed by atoms with Crippen LogP contribution in [0.2, 0.25) is 0 Å². The van der Waals surface area contributed by atoms with Crippen LogP contribution in [0.5, 0.6) is 0 Å². The molecule has 5 heteroatoms. The van der Waals surface area contributed by atoms with Crippen molar-refractivity contribution >= 4 is 11.9 Å². The average Bonchev–Trinajstić information content (AvgIpc) is 3.17. The molecule has 0 radical (unpaired) electrons. The molecule has 0 N–H and O–H groups in total. The Kier molecular flexibility index (Phi) is 3.64. The Balaban J connectivity index is 1.50. The number of rotatable bonds is 3. The molecule has 3 saturated heterocycles. The van der Waals surface area contributed by atoms with Crippen LogP contribution in [0.3, 0.4) is 0 Å². The predicted molar refractivity (Wildman–Crippen MR) is 91.3 cm³/mol. The summed E-state index contributed by atoms with van der Waals surface area (Å²) >= 11 is 0. The van der Waals surface area contributed by atoms with Gasteiger partial charge in [0.1, 0.15) is 5.54 Å². The smallest absolute Gasteiger partial charge is 0.310 e. The Morgan fingerprint density at radius 3 is 2.67 bits per heavy atom. The summed E-state index contributed by atoms with van der Waals surface area (Å²) in [7, 11) is 0. The van der Waals surface area contributed by atoms with Crippen LogP contribution >= 0.6 is 0 Å². The molecule has 1 aromatic carbocycles. The second kappa shape index (κ2) is 5.59. The molecule has 0 aliphatic carbocycles. The van der Waals surface area contributed by atoms with Gasteiger partial charge < -0.3 is 4.90 Å². The number of hydrogen-bond donors (Lipinski definition) is 0. The van der Waals surface area contributed by atoms with Crippen molar-refractivity contribution in [2.45, 2.75) is 57.3 Å². The standard InChI is InChI=1S/C19H25N3O2/c1-14-11-16(13-20(14)12-15-7-4-3-5-8-15)22-17(23)19(2)9-6-10-21(19)18(22)24/h3-5,7-8,14,16H,6,9-13H2,1-2H3/t14-,16+,19-/m1/s1. The third kappa shape index (κ3) is 2.25. The molecule has 24 heavy (non-hydrogen) atoms. The fourth-order valence-corrected chi connectivity index (χ4v) is 4.58. The number of imide groups is 1. The van der Waals surface area contributed by atoms with Crippen molar-refractivity contribution < 1.29 is 9.59 Å². The molecule has 0 saturated carbocycles. The Labute approximate surface area is 143 Å². The molecule has 1 aromatic rings. The lowest BCUT2D eigenvalue weighted by molar-refractivity contribution is -0.133. The molecular weight excluding hydrogens is 302 g/mol. The van der Waals surface area contributed by atoms with E-state index < -0.39 is 5.54 Å². The van der Waals surface area contributed by atoms with E-state index in [0.29, 0.717) is 12.6 Å². The second-order valence-electron chi connectivity index (χ2n) is 7.64. The van der Waals surface area contributed by atoms with E-state index in [0.717, 1.165) is 32.4 Å². The predicted octanol–water partition coefficient (Wildman–Crippen LogP) is 2.47. The van der Waals surface area contributed by atoms with Crippen molar-refractivity contribution in [1.82, 2.24) is 14.7 Å². The van der Waals surface area contributed by atoms with E-state index in [1.807, 2.05) is 13.0 Å². The number of likely N-dealkylation sites (tertiary alicyclic amines) is 1.